The molecule has 2 atom stereocenters. The number of nitrogen functional groups attached to an aromatic ring is 1. The number of nitrogens with two attached hydrogens (primary N) is 1. The van der Waals surface area contributed by atoms with Gasteiger partial charge >= 0.3 is 0 Å². The Morgan fingerprint density at radius 2 is 2.05 bits per heavy atom. The number of nitrogens with one attached hydrogen (secondary N) is 1. The summed E-state index contributed by atoms with van der Waals surface area (Å²) in [4.78, 5) is 0.274. The second kappa shape index (κ2) is 6.79. The fourth-order valence-electron chi connectivity index (χ4n) is 3.12. The lowest BCUT2D eigenvalue weighted by molar-refractivity contribution is 0.301. The van der Waals surface area contributed by atoms with Gasteiger partial charge in [-0.2, -0.15) is 0 Å². The summed E-state index contributed by atoms with van der Waals surface area (Å²) in [7, 11) is -3.47. The van der Waals surface area contributed by atoms with Crippen LogP contribution in [0.5, 0.6) is 0 Å². The quantitative estimate of drug-likeness (QED) is 0.821. The molecular formula is C16H26N2O2S. The molecule has 0 spiro atoms. The second-order valence-corrected chi connectivity index (χ2v) is 7.69. The fourth-order valence-corrected chi connectivity index (χ4v) is 4.44. The maximum Gasteiger partial charge on any atom is 0.240 e. The second-order valence-electron chi connectivity index (χ2n) is 5.97. The van der Waals surface area contributed by atoms with Crippen LogP contribution >= 0.6 is 0 Å². The summed E-state index contributed by atoms with van der Waals surface area (Å²) < 4.78 is 27.8. The van der Waals surface area contributed by atoms with Gasteiger partial charge in [-0.25, -0.2) is 13.1 Å². The maximum absolute atomic E-state index is 12.5. The van der Waals surface area contributed by atoms with Crippen LogP contribution in [0.1, 0.15) is 51.5 Å². The van der Waals surface area contributed by atoms with Crippen molar-refractivity contribution >= 4 is 15.7 Å². The van der Waals surface area contributed by atoms with Gasteiger partial charge in [0.25, 0.3) is 0 Å². The van der Waals surface area contributed by atoms with E-state index in [9.17, 15) is 8.42 Å². The maximum atomic E-state index is 12.5. The first-order chi connectivity index (χ1) is 9.96. The molecule has 0 heterocycles. The van der Waals surface area contributed by atoms with Crippen molar-refractivity contribution in [1.82, 2.24) is 4.72 Å². The predicted octanol–water partition coefficient (Wildman–Crippen LogP) is 3.08. The van der Waals surface area contributed by atoms with E-state index in [0.717, 1.165) is 37.7 Å². The summed E-state index contributed by atoms with van der Waals surface area (Å²) in [6, 6.07) is 5.08. The fraction of sp³-hybridized carbons (Fsp3) is 0.625. The van der Waals surface area contributed by atoms with Gasteiger partial charge in [0.1, 0.15) is 0 Å². The van der Waals surface area contributed by atoms with Crippen LogP contribution in [0.3, 0.4) is 0 Å². The summed E-state index contributed by atoms with van der Waals surface area (Å²) in [5.74, 6) is 0.638. The van der Waals surface area contributed by atoms with Crippen LogP contribution in [-0.4, -0.2) is 14.5 Å². The molecule has 1 saturated carbocycles. The molecule has 0 bridgehead atoms. The van der Waals surface area contributed by atoms with Gasteiger partial charge in [-0.1, -0.05) is 39.2 Å². The lowest BCUT2D eigenvalue weighted by Crippen LogP contribution is -2.38. The highest BCUT2D eigenvalue weighted by molar-refractivity contribution is 7.89. The van der Waals surface area contributed by atoms with E-state index >= 15 is 0 Å². The zero-order valence-electron chi connectivity index (χ0n) is 12.9. The molecule has 1 aliphatic rings. The van der Waals surface area contributed by atoms with Crippen molar-refractivity contribution in [3.8, 4) is 0 Å². The van der Waals surface area contributed by atoms with Gasteiger partial charge in [-0.15, -0.1) is 0 Å². The Balaban J connectivity index is 2.13. The van der Waals surface area contributed by atoms with Crippen molar-refractivity contribution in [2.24, 2.45) is 5.92 Å². The van der Waals surface area contributed by atoms with Crippen LogP contribution in [0.2, 0.25) is 0 Å². The number of sulfonamides is 1. The first kappa shape index (κ1) is 16.3. The lowest BCUT2D eigenvalue weighted by atomic mass is 9.85. The highest BCUT2D eigenvalue weighted by Crippen LogP contribution is 2.28. The summed E-state index contributed by atoms with van der Waals surface area (Å²) in [6.07, 6.45) is 6.11. The van der Waals surface area contributed by atoms with Gasteiger partial charge in [0.15, 0.2) is 0 Å². The minimum Gasteiger partial charge on any atom is -0.398 e. The molecule has 21 heavy (non-hydrogen) atoms. The van der Waals surface area contributed by atoms with Crippen LogP contribution < -0.4 is 10.5 Å². The summed E-state index contributed by atoms with van der Waals surface area (Å²) in [5.41, 5.74) is 7.45. The van der Waals surface area contributed by atoms with Crippen LogP contribution in [0, 0.1) is 5.92 Å². The summed E-state index contributed by atoms with van der Waals surface area (Å²) >= 11 is 0. The third kappa shape index (κ3) is 3.98. The average molecular weight is 310 g/mol. The SMILES string of the molecule is CCc1ccc(S(=O)(=O)NC2CCCC(CC)C2)cc1N. The Morgan fingerprint density at radius 3 is 2.67 bits per heavy atom. The van der Waals surface area contributed by atoms with Crippen molar-refractivity contribution in [1.29, 1.82) is 0 Å². The molecule has 1 fully saturated rings. The normalized spacial score (nSPS) is 23.1. The third-order valence-electron chi connectivity index (χ3n) is 4.49. The molecule has 2 rings (SSSR count). The molecule has 118 valence electrons. The molecule has 1 aliphatic carbocycles. The van der Waals surface area contributed by atoms with Crippen molar-refractivity contribution in [3.63, 3.8) is 0 Å². The number of rotatable bonds is 5. The molecular weight excluding hydrogens is 284 g/mol. The summed E-state index contributed by atoms with van der Waals surface area (Å²) in [6.45, 7) is 4.18. The molecule has 5 heteroatoms. The van der Waals surface area contributed by atoms with E-state index < -0.39 is 10.0 Å². The van der Waals surface area contributed by atoms with Gasteiger partial charge in [-0.3, -0.25) is 0 Å². The molecule has 0 amide bonds. The molecule has 2 unspecified atom stereocenters. The monoisotopic (exact) mass is 310 g/mol. The average Bonchev–Trinajstić information content (AvgIpc) is 2.47. The Kier molecular flexibility index (Phi) is 5.27. The minimum absolute atomic E-state index is 0.0563. The minimum atomic E-state index is -3.47. The smallest absolute Gasteiger partial charge is 0.240 e. The van der Waals surface area contributed by atoms with E-state index in [0.29, 0.717) is 11.6 Å². The lowest BCUT2D eigenvalue weighted by Gasteiger charge is -2.28. The molecule has 3 N–H and O–H groups in total. The van der Waals surface area contributed by atoms with E-state index in [1.54, 1.807) is 18.2 Å². The van der Waals surface area contributed by atoms with Gasteiger partial charge in [0.2, 0.25) is 10.0 Å². The van der Waals surface area contributed by atoms with Crippen LogP contribution in [0.4, 0.5) is 5.69 Å². The number of benzene rings is 1. The Bertz CT molecular complexity index is 584. The predicted molar refractivity (Wildman–Crippen MR) is 86.6 cm³/mol. The van der Waals surface area contributed by atoms with Crippen molar-refractivity contribution in [3.05, 3.63) is 23.8 Å². The number of anilines is 1. The topological polar surface area (TPSA) is 72.2 Å². The first-order valence-corrected chi connectivity index (χ1v) is 9.35. The van der Waals surface area contributed by atoms with Crippen LogP contribution in [-0.2, 0) is 16.4 Å². The molecule has 1 aromatic carbocycles. The van der Waals surface area contributed by atoms with Crippen molar-refractivity contribution in [2.45, 2.75) is 63.3 Å². The third-order valence-corrected chi connectivity index (χ3v) is 6.01. The molecule has 4 nitrogen and oxygen atoms in total. The standard InChI is InChI=1S/C16H26N2O2S/c1-3-12-6-5-7-14(10-12)18-21(19,20)15-9-8-13(4-2)16(17)11-15/h8-9,11-12,14,18H,3-7,10,17H2,1-2H3. The number of hydrogen-bond acceptors (Lipinski definition) is 3. The molecule has 0 aromatic heterocycles. The zero-order valence-corrected chi connectivity index (χ0v) is 13.7. The van der Waals surface area contributed by atoms with Gasteiger partial charge in [0.05, 0.1) is 4.90 Å². The highest BCUT2D eigenvalue weighted by Gasteiger charge is 2.25. The van der Waals surface area contributed by atoms with Crippen LogP contribution in [0.15, 0.2) is 23.1 Å². The van der Waals surface area contributed by atoms with E-state index in [1.165, 1.54) is 6.42 Å². The van der Waals surface area contributed by atoms with Crippen LogP contribution in [0.25, 0.3) is 0 Å². The van der Waals surface area contributed by atoms with Gasteiger partial charge in [0, 0.05) is 11.7 Å². The van der Waals surface area contributed by atoms with Gasteiger partial charge < -0.3 is 5.73 Å². The molecule has 0 aliphatic heterocycles. The highest BCUT2D eigenvalue weighted by atomic mass is 32.2. The Labute approximate surface area is 128 Å². The number of hydrogen-bond donors (Lipinski definition) is 2. The van der Waals surface area contributed by atoms with Crippen molar-refractivity contribution in [2.75, 3.05) is 5.73 Å². The first-order valence-electron chi connectivity index (χ1n) is 7.87. The van der Waals surface area contributed by atoms with Gasteiger partial charge in [-0.05, 0) is 42.9 Å². The molecule has 0 radical (unpaired) electrons. The van der Waals surface area contributed by atoms with E-state index in [4.69, 9.17) is 5.73 Å². The number of aryl methyl sites for hydroxylation is 1. The van der Waals surface area contributed by atoms with E-state index in [2.05, 4.69) is 11.6 Å². The summed E-state index contributed by atoms with van der Waals surface area (Å²) in [5, 5.41) is 0. The molecule has 0 saturated heterocycles. The zero-order chi connectivity index (χ0) is 15.5. The van der Waals surface area contributed by atoms with E-state index in [1.807, 2.05) is 6.92 Å². The Hall–Kier alpha value is -1.07. The largest absolute Gasteiger partial charge is 0.398 e. The van der Waals surface area contributed by atoms with E-state index in [-0.39, 0.29) is 10.9 Å². The molecule has 1 aromatic rings. The van der Waals surface area contributed by atoms with Crippen molar-refractivity contribution < 1.29 is 8.42 Å². The Morgan fingerprint density at radius 1 is 1.29 bits per heavy atom.